The first-order valence-corrected chi connectivity index (χ1v) is 12.7. The molecular weight excluding hydrogens is 427 g/mol. The van der Waals surface area contributed by atoms with Gasteiger partial charge in [0.1, 0.15) is 17.1 Å². The molecule has 2 N–H and O–H groups in total. The molecule has 0 saturated heterocycles. The smallest absolute Gasteiger partial charge is 0.329 e. The van der Waals surface area contributed by atoms with E-state index in [4.69, 9.17) is 19.3 Å². The zero-order chi connectivity index (χ0) is 23.8. The number of benzene rings is 2. The topological polar surface area (TPSA) is 101 Å². The van der Waals surface area contributed by atoms with Crippen molar-refractivity contribution in [2.45, 2.75) is 77.9 Å². The highest BCUT2D eigenvalue weighted by Crippen LogP contribution is 2.39. The molecule has 0 aliphatic carbocycles. The van der Waals surface area contributed by atoms with Crippen LogP contribution in [0.5, 0.6) is 11.5 Å². The molecule has 0 saturated carbocycles. The van der Waals surface area contributed by atoms with E-state index < -0.39 is 13.3 Å². The van der Waals surface area contributed by atoms with Gasteiger partial charge in [-0.25, -0.2) is 0 Å². The average molecular weight is 463 g/mol. The molecule has 0 aliphatic rings. The van der Waals surface area contributed by atoms with Crippen molar-refractivity contribution >= 4 is 7.60 Å². The Morgan fingerprint density at radius 2 is 1.41 bits per heavy atom. The summed E-state index contributed by atoms with van der Waals surface area (Å²) in [6, 6.07) is 14.6. The number of hydrogen-bond donors (Lipinski definition) is 2. The van der Waals surface area contributed by atoms with Gasteiger partial charge in [0.2, 0.25) is 5.72 Å². The predicted molar refractivity (Wildman–Crippen MR) is 126 cm³/mol. The third kappa shape index (κ3) is 9.11. The summed E-state index contributed by atoms with van der Waals surface area (Å²) in [7, 11) is -4.09. The monoisotopic (exact) mass is 462 g/mol. The summed E-state index contributed by atoms with van der Waals surface area (Å²) in [6.45, 7) is 10.6. The minimum Gasteiger partial charge on any atom is -0.488 e. The lowest BCUT2D eigenvalue weighted by molar-refractivity contribution is 0.0851. The van der Waals surface area contributed by atoms with Gasteiger partial charge in [-0.2, -0.15) is 5.11 Å². The van der Waals surface area contributed by atoms with E-state index in [-0.39, 0.29) is 11.8 Å². The van der Waals surface area contributed by atoms with Crippen molar-refractivity contribution < 1.29 is 23.8 Å². The first-order chi connectivity index (χ1) is 14.9. The molecule has 8 heteroatoms. The second-order valence-corrected chi connectivity index (χ2v) is 10.4. The van der Waals surface area contributed by atoms with Crippen LogP contribution in [0.2, 0.25) is 0 Å². The molecule has 0 heterocycles. The second-order valence-electron chi connectivity index (χ2n) is 8.75. The van der Waals surface area contributed by atoms with Crippen LogP contribution >= 0.6 is 7.60 Å². The molecule has 0 amide bonds. The van der Waals surface area contributed by atoms with Crippen molar-refractivity contribution in [3.8, 4) is 11.5 Å². The molecule has 0 spiro atoms. The molecule has 0 aromatic heterocycles. The maximum Gasteiger partial charge on any atom is 0.329 e. The third-order valence-corrected chi connectivity index (χ3v) is 5.79. The van der Waals surface area contributed by atoms with Crippen LogP contribution in [0.4, 0.5) is 0 Å². The molecule has 0 radical (unpaired) electrons. The molecule has 32 heavy (non-hydrogen) atoms. The Balaban J connectivity index is 1.96. The van der Waals surface area contributed by atoms with Gasteiger partial charge in [-0.1, -0.05) is 44.5 Å². The van der Waals surface area contributed by atoms with E-state index in [1.54, 1.807) is 24.3 Å². The molecular formula is C24H35N2O5P. The standard InChI is InChI=1S/C24H35N2O5P/c1-6-16-23(3,4)30-21-12-8-19(9-13-21)17-25-26-24(5,7-2)31-22-14-10-20(11-15-22)18-32(27,28)29/h8-15H,6-7,16-18H2,1-5H3,(H2,27,28,29). The molecule has 7 nitrogen and oxygen atoms in total. The zero-order valence-electron chi connectivity index (χ0n) is 19.6. The van der Waals surface area contributed by atoms with Crippen molar-refractivity contribution in [2.24, 2.45) is 10.2 Å². The molecule has 1 unspecified atom stereocenters. The first-order valence-electron chi connectivity index (χ1n) is 10.9. The fourth-order valence-corrected chi connectivity index (χ4v) is 3.91. The predicted octanol–water partition coefficient (Wildman–Crippen LogP) is 6.48. The Morgan fingerprint density at radius 1 is 0.875 bits per heavy atom. The van der Waals surface area contributed by atoms with Crippen LogP contribution in [0.25, 0.3) is 0 Å². The Hall–Kier alpha value is -2.21. The lowest BCUT2D eigenvalue weighted by Gasteiger charge is -2.26. The van der Waals surface area contributed by atoms with Crippen LogP contribution in [0.1, 0.15) is 65.0 Å². The number of azo groups is 1. The third-order valence-electron chi connectivity index (χ3n) is 5.01. The highest BCUT2D eigenvalue weighted by Gasteiger charge is 2.24. The van der Waals surface area contributed by atoms with E-state index in [1.165, 1.54) is 0 Å². The second kappa shape index (κ2) is 11.1. The normalized spacial score (nSPS) is 14.3. The van der Waals surface area contributed by atoms with Gasteiger partial charge in [-0.3, -0.25) is 4.57 Å². The quantitative estimate of drug-likeness (QED) is 0.278. The summed E-state index contributed by atoms with van der Waals surface area (Å²) >= 11 is 0. The molecule has 2 aromatic carbocycles. The minimum atomic E-state index is -4.09. The molecule has 0 fully saturated rings. The van der Waals surface area contributed by atoms with Gasteiger partial charge in [0.25, 0.3) is 0 Å². The lowest BCUT2D eigenvalue weighted by atomic mass is 10.0. The van der Waals surface area contributed by atoms with Crippen molar-refractivity contribution in [1.82, 2.24) is 0 Å². The Morgan fingerprint density at radius 3 is 1.91 bits per heavy atom. The van der Waals surface area contributed by atoms with E-state index in [9.17, 15) is 4.57 Å². The van der Waals surface area contributed by atoms with Crippen molar-refractivity contribution in [3.05, 3.63) is 59.7 Å². The van der Waals surface area contributed by atoms with Crippen molar-refractivity contribution in [2.75, 3.05) is 0 Å². The number of hydrogen-bond acceptors (Lipinski definition) is 5. The van der Waals surface area contributed by atoms with Gasteiger partial charge in [-0.05, 0) is 62.6 Å². The van der Waals surface area contributed by atoms with Gasteiger partial charge in [0.05, 0.1) is 12.7 Å². The summed E-state index contributed by atoms with van der Waals surface area (Å²) < 4.78 is 23.2. The number of ether oxygens (including phenoxy) is 2. The summed E-state index contributed by atoms with van der Waals surface area (Å²) in [5.41, 5.74) is 0.549. The van der Waals surface area contributed by atoms with E-state index in [0.29, 0.717) is 24.3 Å². The molecule has 1 atom stereocenters. The molecule has 0 aliphatic heterocycles. The van der Waals surface area contributed by atoms with E-state index in [0.717, 1.165) is 24.2 Å². The lowest BCUT2D eigenvalue weighted by Crippen LogP contribution is -2.28. The van der Waals surface area contributed by atoms with E-state index in [2.05, 4.69) is 31.0 Å². The Labute approximate surface area is 191 Å². The Bertz CT molecular complexity index is 922. The van der Waals surface area contributed by atoms with Crippen molar-refractivity contribution in [3.63, 3.8) is 0 Å². The van der Waals surface area contributed by atoms with Crippen LogP contribution in [0.3, 0.4) is 0 Å². The van der Waals surface area contributed by atoms with Gasteiger partial charge in [0, 0.05) is 6.42 Å². The largest absolute Gasteiger partial charge is 0.488 e. The number of nitrogens with zero attached hydrogens (tertiary/aromatic N) is 2. The van der Waals surface area contributed by atoms with E-state index >= 15 is 0 Å². The van der Waals surface area contributed by atoms with Gasteiger partial charge >= 0.3 is 7.60 Å². The number of rotatable bonds is 12. The fraction of sp³-hybridized carbons (Fsp3) is 0.500. The highest BCUT2D eigenvalue weighted by atomic mass is 31.2. The highest BCUT2D eigenvalue weighted by molar-refractivity contribution is 7.50. The summed E-state index contributed by atoms with van der Waals surface area (Å²) in [4.78, 5) is 18.2. The van der Waals surface area contributed by atoms with Gasteiger partial charge < -0.3 is 19.3 Å². The van der Waals surface area contributed by atoms with Crippen molar-refractivity contribution in [1.29, 1.82) is 0 Å². The van der Waals surface area contributed by atoms with Crippen LogP contribution in [-0.4, -0.2) is 21.1 Å². The van der Waals surface area contributed by atoms with E-state index in [1.807, 2.05) is 38.1 Å². The summed E-state index contributed by atoms with van der Waals surface area (Å²) in [5.74, 6) is 1.41. The minimum absolute atomic E-state index is 0.190. The molecule has 2 rings (SSSR count). The van der Waals surface area contributed by atoms with Gasteiger partial charge in [-0.15, -0.1) is 5.11 Å². The van der Waals surface area contributed by atoms with Crippen LogP contribution < -0.4 is 9.47 Å². The summed E-state index contributed by atoms with van der Waals surface area (Å²) in [6.07, 6.45) is 2.38. The zero-order valence-corrected chi connectivity index (χ0v) is 20.5. The van der Waals surface area contributed by atoms with Crippen LogP contribution in [0, 0.1) is 0 Å². The van der Waals surface area contributed by atoms with Gasteiger partial charge in [0.15, 0.2) is 0 Å². The molecule has 176 valence electrons. The maximum absolute atomic E-state index is 11.1. The molecule has 2 aromatic rings. The molecule has 0 bridgehead atoms. The first kappa shape index (κ1) is 26.0. The Kier molecular flexibility index (Phi) is 9.02. The fourth-order valence-electron chi connectivity index (χ4n) is 3.22. The van der Waals surface area contributed by atoms with Crippen LogP contribution in [-0.2, 0) is 17.3 Å². The maximum atomic E-state index is 11.1. The van der Waals surface area contributed by atoms with Crippen LogP contribution in [0.15, 0.2) is 58.8 Å². The SMILES string of the molecule is CCCC(C)(C)Oc1ccc(CN=NC(C)(CC)Oc2ccc(CP(=O)(O)O)cc2)cc1. The average Bonchev–Trinajstić information content (AvgIpc) is 2.69. The summed E-state index contributed by atoms with van der Waals surface area (Å²) in [5, 5.41) is 8.74.